The summed E-state index contributed by atoms with van der Waals surface area (Å²) in [4.78, 5) is 16.8. The number of aliphatic hydroxyl groups excluding tert-OH is 1. The second kappa shape index (κ2) is 5.46. The van der Waals surface area contributed by atoms with Gasteiger partial charge in [0.1, 0.15) is 5.82 Å². The van der Waals surface area contributed by atoms with E-state index in [2.05, 4.69) is 4.98 Å². The average Bonchev–Trinajstić information content (AvgIpc) is 2.25. The van der Waals surface area contributed by atoms with Crippen LogP contribution in [0.25, 0.3) is 0 Å². The second-order valence-electron chi connectivity index (χ2n) is 3.72. The highest BCUT2D eigenvalue weighted by Crippen LogP contribution is 2.15. The third-order valence-electron chi connectivity index (χ3n) is 2.25. The average molecular weight is 224 g/mol. The van der Waals surface area contributed by atoms with Gasteiger partial charge in [0.05, 0.1) is 12.2 Å². The van der Waals surface area contributed by atoms with Gasteiger partial charge in [-0.2, -0.15) is 0 Å². The zero-order valence-corrected chi connectivity index (χ0v) is 9.42. The molecule has 0 unspecified atom stereocenters. The Morgan fingerprint density at radius 2 is 2.25 bits per heavy atom. The van der Waals surface area contributed by atoms with E-state index in [4.69, 9.17) is 10.2 Å². The molecule has 1 aromatic rings. The van der Waals surface area contributed by atoms with Crippen LogP contribution in [-0.2, 0) is 0 Å². The molecule has 5 nitrogen and oxygen atoms in total. The number of nitrogens with zero attached hydrogens (tertiary/aromatic N) is 2. The Labute approximate surface area is 94.4 Å². The maximum Gasteiger partial charge on any atom is 0.335 e. The number of pyridine rings is 1. The molecule has 0 saturated carbocycles. The van der Waals surface area contributed by atoms with Crippen LogP contribution in [0.2, 0.25) is 0 Å². The number of carbonyl (C=O) groups is 1. The van der Waals surface area contributed by atoms with Crippen molar-refractivity contribution in [3.8, 4) is 0 Å². The Hall–Kier alpha value is -1.62. The number of hydrogen-bond donors (Lipinski definition) is 2. The van der Waals surface area contributed by atoms with Gasteiger partial charge in [0.15, 0.2) is 0 Å². The molecule has 0 aliphatic heterocycles. The quantitative estimate of drug-likeness (QED) is 0.780. The molecule has 0 atom stereocenters. The van der Waals surface area contributed by atoms with Crippen molar-refractivity contribution in [2.45, 2.75) is 19.9 Å². The van der Waals surface area contributed by atoms with E-state index < -0.39 is 5.97 Å². The Kier molecular flexibility index (Phi) is 4.25. The van der Waals surface area contributed by atoms with Crippen molar-refractivity contribution in [2.75, 3.05) is 18.1 Å². The number of aromatic nitrogens is 1. The van der Waals surface area contributed by atoms with E-state index in [0.29, 0.717) is 12.4 Å². The number of aromatic carboxylic acids is 1. The molecule has 0 bridgehead atoms. The highest BCUT2D eigenvalue weighted by atomic mass is 16.4. The van der Waals surface area contributed by atoms with Crippen LogP contribution in [0, 0.1) is 0 Å². The first-order valence-electron chi connectivity index (χ1n) is 5.13. The minimum Gasteiger partial charge on any atom is -0.478 e. The largest absolute Gasteiger partial charge is 0.478 e. The summed E-state index contributed by atoms with van der Waals surface area (Å²) >= 11 is 0. The summed E-state index contributed by atoms with van der Waals surface area (Å²) in [5.74, 6) is -0.402. The lowest BCUT2D eigenvalue weighted by Crippen LogP contribution is -2.34. The Bertz CT molecular complexity index is 366. The van der Waals surface area contributed by atoms with Crippen molar-refractivity contribution >= 4 is 11.8 Å². The molecule has 0 fully saturated rings. The van der Waals surface area contributed by atoms with Gasteiger partial charge in [0.2, 0.25) is 0 Å². The van der Waals surface area contributed by atoms with Gasteiger partial charge in [0.25, 0.3) is 0 Å². The fourth-order valence-corrected chi connectivity index (χ4v) is 1.45. The molecule has 0 aromatic carbocycles. The van der Waals surface area contributed by atoms with E-state index >= 15 is 0 Å². The Balaban J connectivity index is 3.00. The van der Waals surface area contributed by atoms with E-state index in [1.54, 1.807) is 0 Å². The van der Waals surface area contributed by atoms with Gasteiger partial charge >= 0.3 is 5.97 Å². The second-order valence-corrected chi connectivity index (χ2v) is 3.72. The maximum atomic E-state index is 10.8. The predicted octanol–water partition coefficient (Wildman–Crippen LogP) is 0.987. The summed E-state index contributed by atoms with van der Waals surface area (Å²) in [5.41, 5.74) is 0.202. The van der Waals surface area contributed by atoms with Gasteiger partial charge in [-0.15, -0.1) is 0 Å². The lowest BCUT2D eigenvalue weighted by molar-refractivity contribution is 0.0697. The molecule has 5 heteroatoms. The van der Waals surface area contributed by atoms with Crippen LogP contribution in [-0.4, -0.2) is 40.4 Å². The molecule has 1 aromatic heterocycles. The van der Waals surface area contributed by atoms with Crippen molar-refractivity contribution in [3.63, 3.8) is 0 Å². The van der Waals surface area contributed by atoms with Crippen molar-refractivity contribution in [2.24, 2.45) is 0 Å². The summed E-state index contributed by atoms with van der Waals surface area (Å²) < 4.78 is 0. The van der Waals surface area contributed by atoms with Gasteiger partial charge < -0.3 is 15.1 Å². The lowest BCUT2D eigenvalue weighted by atomic mass is 10.2. The minimum atomic E-state index is -0.976. The molecule has 16 heavy (non-hydrogen) atoms. The molecular formula is C11H16N2O3. The fraction of sp³-hybridized carbons (Fsp3) is 0.455. The van der Waals surface area contributed by atoms with Gasteiger partial charge in [-0.3, -0.25) is 0 Å². The number of carboxylic acid groups (broad SMARTS) is 1. The minimum absolute atomic E-state index is 0.0111. The molecule has 88 valence electrons. The van der Waals surface area contributed by atoms with Crippen LogP contribution in [0.4, 0.5) is 5.82 Å². The number of rotatable bonds is 5. The molecular weight excluding hydrogens is 208 g/mol. The first-order valence-corrected chi connectivity index (χ1v) is 5.13. The van der Waals surface area contributed by atoms with Gasteiger partial charge in [-0.1, -0.05) is 0 Å². The molecule has 0 amide bonds. The number of carboxylic acids is 1. The standard InChI is InChI=1S/C11H16N2O3/c1-8(2)13(5-6-14)10-7-9(11(15)16)3-4-12-10/h3-4,7-8,14H,5-6H2,1-2H3,(H,15,16). The van der Waals surface area contributed by atoms with Gasteiger partial charge in [-0.05, 0) is 26.0 Å². The maximum absolute atomic E-state index is 10.8. The summed E-state index contributed by atoms with van der Waals surface area (Å²) in [5, 5.41) is 17.8. The van der Waals surface area contributed by atoms with Crippen LogP contribution in [0.15, 0.2) is 18.3 Å². The topological polar surface area (TPSA) is 73.7 Å². The summed E-state index contributed by atoms with van der Waals surface area (Å²) in [6, 6.07) is 3.12. The van der Waals surface area contributed by atoms with Crippen molar-refractivity contribution in [1.82, 2.24) is 4.98 Å². The smallest absolute Gasteiger partial charge is 0.335 e. The third-order valence-corrected chi connectivity index (χ3v) is 2.25. The highest BCUT2D eigenvalue weighted by molar-refractivity contribution is 5.88. The Morgan fingerprint density at radius 1 is 1.56 bits per heavy atom. The molecule has 2 N–H and O–H groups in total. The zero-order valence-electron chi connectivity index (χ0n) is 9.42. The van der Waals surface area contributed by atoms with Crippen LogP contribution >= 0.6 is 0 Å². The van der Waals surface area contributed by atoms with E-state index in [1.165, 1.54) is 18.3 Å². The molecule has 1 heterocycles. The highest BCUT2D eigenvalue weighted by Gasteiger charge is 2.13. The van der Waals surface area contributed by atoms with Crippen LogP contribution in [0.5, 0.6) is 0 Å². The normalized spacial score (nSPS) is 10.5. The van der Waals surface area contributed by atoms with E-state index in [0.717, 1.165) is 0 Å². The molecule has 0 spiro atoms. The first-order chi connectivity index (χ1) is 7.56. The molecule has 0 aliphatic rings. The molecule has 0 radical (unpaired) electrons. The Morgan fingerprint density at radius 3 is 2.75 bits per heavy atom. The molecule has 0 saturated heterocycles. The van der Waals surface area contributed by atoms with Gasteiger partial charge in [0, 0.05) is 18.8 Å². The molecule has 0 aliphatic carbocycles. The number of anilines is 1. The number of aliphatic hydroxyl groups is 1. The first kappa shape index (κ1) is 12.4. The van der Waals surface area contributed by atoms with Crippen molar-refractivity contribution in [3.05, 3.63) is 23.9 Å². The van der Waals surface area contributed by atoms with Crippen LogP contribution in [0.1, 0.15) is 24.2 Å². The predicted molar refractivity (Wildman–Crippen MR) is 60.8 cm³/mol. The SMILES string of the molecule is CC(C)N(CCO)c1cc(C(=O)O)ccn1. The van der Waals surface area contributed by atoms with E-state index in [-0.39, 0.29) is 18.2 Å². The van der Waals surface area contributed by atoms with Gasteiger partial charge in [-0.25, -0.2) is 9.78 Å². The summed E-state index contributed by atoms with van der Waals surface area (Å²) in [6.45, 7) is 4.38. The zero-order chi connectivity index (χ0) is 12.1. The molecule has 1 rings (SSSR count). The number of hydrogen-bond acceptors (Lipinski definition) is 4. The summed E-state index contributed by atoms with van der Waals surface area (Å²) in [6.07, 6.45) is 1.46. The van der Waals surface area contributed by atoms with Crippen molar-refractivity contribution in [1.29, 1.82) is 0 Å². The fourth-order valence-electron chi connectivity index (χ4n) is 1.45. The monoisotopic (exact) mass is 224 g/mol. The lowest BCUT2D eigenvalue weighted by Gasteiger charge is -2.27. The third kappa shape index (κ3) is 2.93. The van der Waals surface area contributed by atoms with E-state index in [9.17, 15) is 4.79 Å². The summed E-state index contributed by atoms with van der Waals surface area (Å²) in [7, 11) is 0. The van der Waals surface area contributed by atoms with Crippen LogP contribution < -0.4 is 4.90 Å². The van der Waals surface area contributed by atoms with E-state index in [1.807, 2.05) is 18.7 Å². The van der Waals surface area contributed by atoms with Crippen LogP contribution in [0.3, 0.4) is 0 Å². The van der Waals surface area contributed by atoms with Crippen molar-refractivity contribution < 1.29 is 15.0 Å².